The van der Waals surface area contributed by atoms with E-state index in [9.17, 15) is 4.79 Å². The minimum atomic E-state index is 0.0634. The van der Waals surface area contributed by atoms with Crippen molar-refractivity contribution in [3.05, 3.63) is 0 Å². The van der Waals surface area contributed by atoms with E-state index in [-0.39, 0.29) is 11.9 Å². The van der Waals surface area contributed by atoms with Gasteiger partial charge in [-0.2, -0.15) is 0 Å². The summed E-state index contributed by atoms with van der Waals surface area (Å²) in [4.78, 5) is 15.4. The summed E-state index contributed by atoms with van der Waals surface area (Å²) in [5.41, 5.74) is 0. The third kappa shape index (κ3) is 8.08. The Bertz CT molecular complexity index is 226. The maximum Gasteiger partial charge on any atom is 0.221 e. The maximum absolute atomic E-state index is 11.3. The first-order chi connectivity index (χ1) is 7.60. The number of rotatable bonds is 6. The van der Waals surface area contributed by atoms with E-state index in [1.807, 2.05) is 13.8 Å². The molecule has 0 aliphatic heterocycles. The van der Waals surface area contributed by atoms with Gasteiger partial charge in [0.2, 0.25) is 5.91 Å². The summed E-state index contributed by atoms with van der Waals surface area (Å²) < 4.78 is 0. The molecular weight excluding hydrogens is 204 g/mol. The van der Waals surface area contributed by atoms with Crippen molar-refractivity contribution in [3.63, 3.8) is 0 Å². The van der Waals surface area contributed by atoms with Crippen molar-refractivity contribution in [3.8, 4) is 0 Å². The van der Waals surface area contributed by atoms with Crippen LogP contribution in [0.25, 0.3) is 0 Å². The quantitative estimate of drug-likeness (QED) is 0.457. The maximum atomic E-state index is 11.3. The van der Waals surface area contributed by atoms with E-state index in [2.05, 4.69) is 27.9 Å². The zero-order chi connectivity index (χ0) is 12.4. The Morgan fingerprint density at radius 2 is 1.88 bits per heavy atom. The van der Waals surface area contributed by atoms with Crippen LogP contribution in [0.4, 0.5) is 0 Å². The molecule has 0 bridgehead atoms. The van der Waals surface area contributed by atoms with Gasteiger partial charge in [0.15, 0.2) is 5.96 Å². The predicted molar refractivity (Wildman–Crippen MR) is 67.6 cm³/mol. The number of carbonyl (C=O) groups is 1. The summed E-state index contributed by atoms with van der Waals surface area (Å²) in [7, 11) is 1.72. The van der Waals surface area contributed by atoms with Crippen molar-refractivity contribution in [1.29, 1.82) is 0 Å². The highest BCUT2D eigenvalue weighted by atomic mass is 16.1. The molecule has 0 aliphatic carbocycles. The number of nitrogens with one attached hydrogen (secondary N) is 3. The number of nitrogens with zero attached hydrogens (tertiary/aromatic N) is 1. The number of guanidine groups is 1. The molecule has 0 saturated heterocycles. The summed E-state index contributed by atoms with van der Waals surface area (Å²) in [6.07, 6.45) is 1.51. The third-order valence-corrected chi connectivity index (χ3v) is 1.86. The zero-order valence-electron chi connectivity index (χ0n) is 10.8. The fourth-order valence-electron chi connectivity index (χ4n) is 1.15. The highest BCUT2D eigenvalue weighted by Crippen LogP contribution is 1.82. The summed E-state index contributed by atoms with van der Waals surface area (Å²) in [5.74, 6) is 0.813. The van der Waals surface area contributed by atoms with Crippen molar-refractivity contribution < 1.29 is 4.79 Å². The largest absolute Gasteiger partial charge is 0.356 e. The van der Waals surface area contributed by atoms with Crippen molar-refractivity contribution in [2.24, 2.45) is 4.99 Å². The van der Waals surface area contributed by atoms with E-state index in [0.717, 1.165) is 18.9 Å². The number of amides is 1. The lowest BCUT2D eigenvalue weighted by Crippen LogP contribution is -2.40. The molecule has 94 valence electrons. The second kappa shape index (κ2) is 9.00. The van der Waals surface area contributed by atoms with E-state index in [4.69, 9.17) is 0 Å². The lowest BCUT2D eigenvalue weighted by atomic mass is 10.3. The fourth-order valence-corrected chi connectivity index (χ4v) is 1.15. The van der Waals surface area contributed by atoms with E-state index < -0.39 is 0 Å². The average molecular weight is 228 g/mol. The molecule has 16 heavy (non-hydrogen) atoms. The lowest BCUT2D eigenvalue weighted by Gasteiger charge is -2.12. The Hall–Kier alpha value is -1.26. The van der Waals surface area contributed by atoms with Crippen molar-refractivity contribution in [1.82, 2.24) is 16.0 Å². The molecule has 0 heterocycles. The zero-order valence-corrected chi connectivity index (χ0v) is 10.8. The molecule has 0 radical (unpaired) electrons. The van der Waals surface area contributed by atoms with E-state index in [1.54, 1.807) is 7.05 Å². The molecular formula is C11H24N4O. The lowest BCUT2D eigenvalue weighted by molar-refractivity contribution is -0.121. The van der Waals surface area contributed by atoms with Gasteiger partial charge in [-0.3, -0.25) is 9.79 Å². The topological polar surface area (TPSA) is 65.5 Å². The van der Waals surface area contributed by atoms with Gasteiger partial charge in [0.25, 0.3) is 0 Å². The minimum Gasteiger partial charge on any atom is -0.356 e. The van der Waals surface area contributed by atoms with Gasteiger partial charge < -0.3 is 16.0 Å². The molecule has 0 saturated carbocycles. The van der Waals surface area contributed by atoms with Gasteiger partial charge in [-0.05, 0) is 20.3 Å². The second-order valence-electron chi connectivity index (χ2n) is 3.90. The normalized spacial score (nSPS) is 11.4. The number of hydrogen-bond donors (Lipinski definition) is 3. The van der Waals surface area contributed by atoms with Crippen LogP contribution in [0.15, 0.2) is 4.99 Å². The molecule has 0 aliphatic rings. The van der Waals surface area contributed by atoms with Crippen LogP contribution in [-0.4, -0.2) is 38.0 Å². The van der Waals surface area contributed by atoms with Gasteiger partial charge in [0.1, 0.15) is 0 Å². The monoisotopic (exact) mass is 228 g/mol. The Labute approximate surface area is 98.1 Å². The van der Waals surface area contributed by atoms with Gasteiger partial charge >= 0.3 is 0 Å². The van der Waals surface area contributed by atoms with Crippen LogP contribution in [0.2, 0.25) is 0 Å². The first kappa shape index (κ1) is 14.7. The Balaban J connectivity index is 3.66. The minimum absolute atomic E-state index is 0.0634. The standard InChI is InChI=1S/C11H24N4O/c1-5-7-13-11(12-4)14-8-6-10(16)15-9(2)3/h9H,5-8H2,1-4H3,(H,15,16)(H2,12,13,14). The molecule has 0 unspecified atom stereocenters. The van der Waals surface area contributed by atoms with Crippen molar-refractivity contribution >= 4 is 11.9 Å². The van der Waals surface area contributed by atoms with Crippen LogP contribution in [0.3, 0.4) is 0 Å². The molecule has 3 N–H and O–H groups in total. The van der Waals surface area contributed by atoms with Crippen LogP contribution in [0.1, 0.15) is 33.6 Å². The Morgan fingerprint density at radius 1 is 1.25 bits per heavy atom. The van der Waals surface area contributed by atoms with Crippen LogP contribution in [0.5, 0.6) is 0 Å². The number of aliphatic imine (C=N–C) groups is 1. The molecule has 0 aromatic carbocycles. The summed E-state index contributed by atoms with van der Waals surface area (Å²) in [6.45, 7) is 7.48. The Kier molecular flexibility index (Phi) is 8.29. The van der Waals surface area contributed by atoms with Crippen molar-refractivity contribution in [2.45, 2.75) is 39.7 Å². The van der Waals surface area contributed by atoms with Crippen molar-refractivity contribution in [2.75, 3.05) is 20.1 Å². The summed E-state index contributed by atoms with van der Waals surface area (Å²) in [6, 6.07) is 0.199. The third-order valence-electron chi connectivity index (χ3n) is 1.86. The summed E-state index contributed by atoms with van der Waals surface area (Å²) >= 11 is 0. The molecule has 0 aromatic rings. The molecule has 1 amide bonds. The Morgan fingerprint density at radius 3 is 2.38 bits per heavy atom. The van der Waals surface area contributed by atoms with Gasteiger partial charge in [0, 0.05) is 32.6 Å². The van der Waals surface area contributed by atoms with E-state index in [0.29, 0.717) is 13.0 Å². The van der Waals surface area contributed by atoms with Gasteiger partial charge in [0.05, 0.1) is 0 Å². The van der Waals surface area contributed by atoms with Crippen LogP contribution in [-0.2, 0) is 4.79 Å². The second-order valence-corrected chi connectivity index (χ2v) is 3.90. The van der Waals surface area contributed by atoms with Crippen LogP contribution in [0, 0.1) is 0 Å². The van der Waals surface area contributed by atoms with Crippen LogP contribution < -0.4 is 16.0 Å². The molecule has 5 heteroatoms. The first-order valence-electron chi connectivity index (χ1n) is 5.84. The van der Waals surface area contributed by atoms with Gasteiger partial charge in [-0.1, -0.05) is 6.92 Å². The molecule has 0 rings (SSSR count). The van der Waals surface area contributed by atoms with E-state index >= 15 is 0 Å². The molecule has 0 aromatic heterocycles. The first-order valence-corrected chi connectivity index (χ1v) is 5.84. The average Bonchev–Trinajstić information content (AvgIpc) is 2.22. The highest BCUT2D eigenvalue weighted by molar-refractivity contribution is 5.81. The molecule has 0 fully saturated rings. The number of carbonyl (C=O) groups excluding carboxylic acids is 1. The van der Waals surface area contributed by atoms with Gasteiger partial charge in [-0.25, -0.2) is 0 Å². The highest BCUT2D eigenvalue weighted by Gasteiger charge is 2.03. The molecule has 0 atom stereocenters. The van der Waals surface area contributed by atoms with E-state index in [1.165, 1.54) is 0 Å². The predicted octanol–water partition coefficient (Wildman–Crippen LogP) is 0.476. The molecule has 0 spiro atoms. The van der Waals surface area contributed by atoms with Crippen LogP contribution >= 0.6 is 0 Å². The molecule has 5 nitrogen and oxygen atoms in total. The SMILES string of the molecule is CCCNC(=NC)NCCC(=O)NC(C)C. The number of hydrogen-bond acceptors (Lipinski definition) is 2. The fraction of sp³-hybridized carbons (Fsp3) is 0.818. The summed E-state index contributed by atoms with van der Waals surface area (Å²) in [5, 5.41) is 9.07. The van der Waals surface area contributed by atoms with Gasteiger partial charge in [-0.15, -0.1) is 0 Å². The smallest absolute Gasteiger partial charge is 0.221 e.